The Morgan fingerprint density at radius 2 is 1.88 bits per heavy atom. The highest BCUT2D eigenvalue weighted by molar-refractivity contribution is 5.48. The van der Waals surface area contributed by atoms with Crippen molar-refractivity contribution >= 4 is 5.69 Å². The minimum absolute atomic E-state index is 0.111. The Labute approximate surface area is 148 Å². The quantitative estimate of drug-likeness (QED) is 0.850. The average Bonchev–Trinajstić information content (AvgIpc) is 3.16. The van der Waals surface area contributed by atoms with Crippen molar-refractivity contribution in [1.82, 2.24) is 9.80 Å². The van der Waals surface area contributed by atoms with Crippen LogP contribution in [0.3, 0.4) is 0 Å². The molecule has 4 rings (SSSR count). The first-order chi connectivity index (χ1) is 12.3. The molecule has 0 amide bonds. The number of rotatable bonds is 4. The highest BCUT2D eigenvalue weighted by Crippen LogP contribution is 2.23. The number of piperazine rings is 1. The summed E-state index contributed by atoms with van der Waals surface area (Å²) in [5.74, 6) is -0.111. The lowest BCUT2D eigenvalue weighted by molar-refractivity contribution is 0.0886. The van der Waals surface area contributed by atoms with Crippen molar-refractivity contribution in [3.63, 3.8) is 0 Å². The summed E-state index contributed by atoms with van der Waals surface area (Å²) in [7, 11) is 0. The molecule has 0 unspecified atom stereocenters. The predicted molar refractivity (Wildman–Crippen MR) is 97.2 cm³/mol. The summed E-state index contributed by atoms with van der Waals surface area (Å²) in [5, 5.41) is 0. The van der Waals surface area contributed by atoms with Gasteiger partial charge in [0.05, 0.1) is 18.2 Å². The van der Waals surface area contributed by atoms with Gasteiger partial charge in [-0.15, -0.1) is 0 Å². The highest BCUT2D eigenvalue weighted by atomic mass is 19.1. The largest absolute Gasteiger partial charge is 0.472 e. The number of benzene rings is 1. The molecule has 0 aliphatic carbocycles. The second-order valence-corrected chi connectivity index (χ2v) is 7.14. The van der Waals surface area contributed by atoms with E-state index in [1.807, 2.05) is 18.4 Å². The fourth-order valence-corrected chi connectivity index (χ4v) is 4.15. The predicted octanol–water partition coefficient (Wildman–Crippen LogP) is 3.21. The number of furan rings is 1. The van der Waals surface area contributed by atoms with E-state index in [4.69, 9.17) is 4.42 Å². The number of para-hydroxylation sites is 1. The summed E-state index contributed by atoms with van der Waals surface area (Å²) >= 11 is 0. The van der Waals surface area contributed by atoms with Crippen molar-refractivity contribution in [2.24, 2.45) is 0 Å². The maximum Gasteiger partial charge on any atom is 0.146 e. The SMILES string of the molecule is Fc1ccccc1N1CCN([C@H]2CCCN(Cc3ccoc3)C2)CC1. The Morgan fingerprint density at radius 3 is 2.64 bits per heavy atom. The lowest BCUT2D eigenvalue weighted by atomic mass is 10.0. The van der Waals surface area contributed by atoms with Crippen molar-refractivity contribution in [2.75, 3.05) is 44.2 Å². The number of likely N-dealkylation sites (tertiary alicyclic amines) is 1. The summed E-state index contributed by atoms with van der Waals surface area (Å²) in [6.45, 7) is 7.08. The van der Waals surface area contributed by atoms with E-state index in [1.54, 1.807) is 18.4 Å². The molecule has 2 fully saturated rings. The van der Waals surface area contributed by atoms with Crippen LogP contribution in [0.5, 0.6) is 0 Å². The number of hydrogen-bond donors (Lipinski definition) is 0. The van der Waals surface area contributed by atoms with Crippen LogP contribution < -0.4 is 4.90 Å². The van der Waals surface area contributed by atoms with Gasteiger partial charge in [-0.25, -0.2) is 4.39 Å². The zero-order valence-electron chi connectivity index (χ0n) is 14.6. The van der Waals surface area contributed by atoms with Crippen LogP contribution in [0.4, 0.5) is 10.1 Å². The van der Waals surface area contributed by atoms with Crippen LogP contribution in [0.25, 0.3) is 0 Å². The number of halogens is 1. The third-order valence-electron chi connectivity index (χ3n) is 5.49. The lowest BCUT2D eigenvalue weighted by Crippen LogP contribution is -2.55. The summed E-state index contributed by atoms with van der Waals surface area (Å²) in [4.78, 5) is 7.30. The van der Waals surface area contributed by atoms with E-state index in [2.05, 4.69) is 20.8 Å². The fourth-order valence-electron chi connectivity index (χ4n) is 4.15. The van der Waals surface area contributed by atoms with Gasteiger partial charge in [0, 0.05) is 50.9 Å². The van der Waals surface area contributed by atoms with Gasteiger partial charge in [0.25, 0.3) is 0 Å². The Bertz CT molecular complexity index is 667. The average molecular weight is 343 g/mol. The molecule has 1 aromatic carbocycles. The van der Waals surface area contributed by atoms with Gasteiger partial charge >= 0.3 is 0 Å². The van der Waals surface area contributed by atoms with Gasteiger partial charge in [0.15, 0.2) is 0 Å². The van der Waals surface area contributed by atoms with Gasteiger partial charge in [0.1, 0.15) is 5.82 Å². The molecular formula is C20H26FN3O. The maximum absolute atomic E-state index is 14.0. The van der Waals surface area contributed by atoms with Crippen LogP contribution >= 0.6 is 0 Å². The molecule has 0 radical (unpaired) electrons. The van der Waals surface area contributed by atoms with Gasteiger partial charge in [0.2, 0.25) is 0 Å². The molecule has 134 valence electrons. The number of hydrogen-bond acceptors (Lipinski definition) is 4. The summed E-state index contributed by atoms with van der Waals surface area (Å²) in [6, 6.07) is 9.78. The summed E-state index contributed by atoms with van der Waals surface area (Å²) in [5.41, 5.74) is 2.00. The lowest BCUT2D eigenvalue weighted by Gasteiger charge is -2.44. The molecule has 2 aliphatic heterocycles. The third-order valence-corrected chi connectivity index (χ3v) is 5.49. The molecule has 1 aromatic heterocycles. The first-order valence-electron chi connectivity index (χ1n) is 9.26. The Balaban J connectivity index is 1.32. The first kappa shape index (κ1) is 16.6. The molecular weight excluding hydrogens is 317 g/mol. The minimum Gasteiger partial charge on any atom is -0.472 e. The zero-order valence-corrected chi connectivity index (χ0v) is 14.6. The molecule has 5 heteroatoms. The first-order valence-corrected chi connectivity index (χ1v) is 9.26. The van der Waals surface area contributed by atoms with E-state index >= 15 is 0 Å². The topological polar surface area (TPSA) is 22.9 Å². The molecule has 4 nitrogen and oxygen atoms in total. The number of anilines is 1. The molecule has 2 saturated heterocycles. The van der Waals surface area contributed by atoms with Gasteiger partial charge < -0.3 is 9.32 Å². The molecule has 0 spiro atoms. The van der Waals surface area contributed by atoms with Crippen LogP contribution in [-0.4, -0.2) is 55.1 Å². The van der Waals surface area contributed by atoms with Gasteiger partial charge in [-0.05, 0) is 37.6 Å². The van der Waals surface area contributed by atoms with Crippen molar-refractivity contribution in [3.05, 3.63) is 54.2 Å². The van der Waals surface area contributed by atoms with Crippen molar-refractivity contribution in [3.8, 4) is 0 Å². The molecule has 0 saturated carbocycles. The molecule has 25 heavy (non-hydrogen) atoms. The van der Waals surface area contributed by atoms with Crippen molar-refractivity contribution in [2.45, 2.75) is 25.4 Å². The zero-order chi connectivity index (χ0) is 17.1. The van der Waals surface area contributed by atoms with Crippen LogP contribution in [0.2, 0.25) is 0 Å². The van der Waals surface area contributed by atoms with E-state index < -0.39 is 0 Å². The van der Waals surface area contributed by atoms with Crippen LogP contribution in [-0.2, 0) is 6.54 Å². The van der Waals surface area contributed by atoms with Crippen molar-refractivity contribution < 1.29 is 8.81 Å². The van der Waals surface area contributed by atoms with Gasteiger partial charge in [-0.2, -0.15) is 0 Å². The van der Waals surface area contributed by atoms with E-state index in [1.165, 1.54) is 18.4 Å². The van der Waals surface area contributed by atoms with Crippen LogP contribution in [0.1, 0.15) is 18.4 Å². The van der Waals surface area contributed by atoms with Crippen molar-refractivity contribution in [1.29, 1.82) is 0 Å². The summed E-state index contributed by atoms with van der Waals surface area (Å²) in [6.07, 6.45) is 6.10. The standard InChI is InChI=1S/C20H26FN3O/c21-19-5-1-2-6-20(19)24-11-9-23(10-12-24)18-4-3-8-22(15-18)14-17-7-13-25-16-17/h1-2,5-7,13,16,18H,3-4,8-12,14-15H2/t18-/m0/s1. The Morgan fingerprint density at radius 1 is 1.04 bits per heavy atom. The Hall–Kier alpha value is -1.85. The molecule has 3 heterocycles. The highest BCUT2D eigenvalue weighted by Gasteiger charge is 2.28. The van der Waals surface area contributed by atoms with E-state index in [0.717, 1.165) is 51.5 Å². The molecule has 2 aliphatic rings. The summed E-state index contributed by atoms with van der Waals surface area (Å²) < 4.78 is 19.2. The smallest absolute Gasteiger partial charge is 0.146 e. The van der Waals surface area contributed by atoms with Gasteiger partial charge in [-0.1, -0.05) is 12.1 Å². The second-order valence-electron chi connectivity index (χ2n) is 7.14. The molecule has 0 bridgehead atoms. The van der Waals surface area contributed by atoms with Crippen LogP contribution in [0, 0.1) is 5.82 Å². The van der Waals surface area contributed by atoms with E-state index in [-0.39, 0.29) is 5.82 Å². The molecule has 0 N–H and O–H groups in total. The number of nitrogens with zero attached hydrogens (tertiary/aromatic N) is 3. The minimum atomic E-state index is -0.111. The molecule has 2 aromatic rings. The van der Waals surface area contributed by atoms with Crippen LogP contribution in [0.15, 0.2) is 47.3 Å². The maximum atomic E-state index is 14.0. The van der Waals surface area contributed by atoms with Gasteiger partial charge in [-0.3, -0.25) is 9.80 Å². The third kappa shape index (κ3) is 3.88. The monoisotopic (exact) mass is 343 g/mol. The van der Waals surface area contributed by atoms with E-state index in [0.29, 0.717) is 6.04 Å². The fraction of sp³-hybridized carbons (Fsp3) is 0.500. The van der Waals surface area contributed by atoms with E-state index in [9.17, 15) is 4.39 Å². The normalized spacial score (nSPS) is 23.1. The Kier molecular flexibility index (Phi) is 5.04. The second kappa shape index (κ2) is 7.58. The molecule has 1 atom stereocenters. The number of piperidine rings is 1.